The number of hydrogen-bond acceptors (Lipinski definition) is 4. The van der Waals surface area contributed by atoms with Crippen molar-refractivity contribution in [2.45, 2.75) is 72.1 Å². The molecule has 2 fully saturated rings. The fourth-order valence-corrected chi connectivity index (χ4v) is 6.17. The number of hydrogen-bond donors (Lipinski definition) is 4. The molecule has 3 rings (SSSR count). The highest BCUT2D eigenvalue weighted by Gasteiger charge is 2.53. The molecular formula is C26H41N3O4. The number of benzene rings is 1. The Morgan fingerprint density at radius 3 is 2.48 bits per heavy atom. The summed E-state index contributed by atoms with van der Waals surface area (Å²) in [6.45, 7) is 9.27. The zero-order valence-corrected chi connectivity index (χ0v) is 20.7. The van der Waals surface area contributed by atoms with Crippen molar-refractivity contribution >= 4 is 11.9 Å². The minimum absolute atomic E-state index is 0.0288. The van der Waals surface area contributed by atoms with E-state index in [1.165, 1.54) is 0 Å². The van der Waals surface area contributed by atoms with Crippen LogP contribution in [-0.2, 0) is 11.3 Å². The summed E-state index contributed by atoms with van der Waals surface area (Å²) >= 11 is 0. The second-order valence-electron chi connectivity index (χ2n) is 10.2. The van der Waals surface area contributed by atoms with Crippen LogP contribution in [0.4, 0.5) is 4.79 Å². The standard InChI is InChI=1S/C26H41N3O4/c1-6-27-25(32)29-21-12-14-26(4)13-11-20(23(30)22(26)17(21)3)16(2)24(31)28-15-18-7-9-19(33-5)10-8-18/h7-10,16-17,20-23,30H,6,11-15H2,1-5H3,(H,28,31)(H2,27,29,32)/t16-,17+,20+,21-,22+,23-,26-/m0/s1. The average Bonchev–Trinajstić information content (AvgIpc) is 2.79. The highest BCUT2D eigenvalue weighted by Crippen LogP contribution is 2.55. The van der Waals surface area contributed by atoms with Crippen molar-refractivity contribution in [2.75, 3.05) is 13.7 Å². The van der Waals surface area contributed by atoms with Gasteiger partial charge in [0.2, 0.25) is 5.91 Å². The van der Waals surface area contributed by atoms with Gasteiger partial charge in [-0.1, -0.05) is 32.9 Å². The van der Waals surface area contributed by atoms with Crippen molar-refractivity contribution in [1.29, 1.82) is 0 Å². The van der Waals surface area contributed by atoms with Gasteiger partial charge in [0.15, 0.2) is 0 Å². The van der Waals surface area contributed by atoms with Crippen molar-refractivity contribution < 1.29 is 19.4 Å². The van der Waals surface area contributed by atoms with Crippen LogP contribution in [-0.4, -0.2) is 42.8 Å². The van der Waals surface area contributed by atoms with Gasteiger partial charge in [0, 0.05) is 25.0 Å². The van der Waals surface area contributed by atoms with Crippen molar-refractivity contribution in [3.63, 3.8) is 0 Å². The number of aliphatic hydroxyl groups excluding tert-OH is 1. The van der Waals surface area contributed by atoms with Crippen molar-refractivity contribution in [3.8, 4) is 5.75 Å². The number of rotatable bonds is 7. The van der Waals surface area contributed by atoms with Crippen LogP contribution in [0, 0.1) is 29.1 Å². The van der Waals surface area contributed by atoms with Gasteiger partial charge in [0.05, 0.1) is 13.2 Å². The average molecular weight is 460 g/mol. The van der Waals surface area contributed by atoms with E-state index in [9.17, 15) is 14.7 Å². The number of urea groups is 1. The van der Waals surface area contributed by atoms with E-state index in [0.29, 0.717) is 13.1 Å². The number of fused-ring (bicyclic) bond motifs is 1. The van der Waals surface area contributed by atoms with Crippen LogP contribution in [0.3, 0.4) is 0 Å². The van der Waals surface area contributed by atoms with Gasteiger partial charge < -0.3 is 25.8 Å². The summed E-state index contributed by atoms with van der Waals surface area (Å²) in [6.07, 6.45) is 3.15. The molecule has 0 bridgehead atoms. The fraction of sp³-hybridized carbons (Fsp3) is 0.692. The Kier molecular flexibility index (Phi) is 8.27. The summed E-state index contributed by atoms with van der Waals surface area (Å²) in [4.78, 5) is 25.1. The molecule has 1 aromatic carbocycles. The second kappa shape index (κ2) is 10.8. The van der Waals surface area contributed by atoms with E-state index < -0.39 is 6.10 Å². The number of carbonyl (C=O) groups excluding carboxylic acids is 2. The molecule has 7 atom stereocenters. The predicted octanol–water partition coefficient (Wildman–Crippen LogP) is 3.46. The lowest BCUT2D eigenvalue weighted by Gasteiger charge is -2.56. The molecule has 2 aliphatic carbocycles. The molecular weight excluding hydrogens is 418 g/mol. The van der Waals surface area contributed by atoms with Crippen LogP contribution in [0.5, 0.6) is 5.75 Å². The lowest BCUT2D eigenvalue weighted by Crippen LogP contribution is -2.59. The predicted molar refractivity (Wildman–Crippen MR) is 129 cm³/mol. The maximum absolute atomic E-state index is 13.0. The van der Waals surface area contributed by atoms with Gasteiger partial charge in [0.25, 0.3) is 0 Å². The molecule has 2 saturated carbocycles. The lowest BCUT2D eigenvalue weighted by molar-refractivity contribution is -0.142. The summed E-state index contributed by atoms with van der Waals surface area (Å²) in [5, 5.41) is 20.4. The number of amides is 3. The SMILES string of the molecule is CCNC(=O)N[C@H]1CC[C@]2(C)CC[C@H]([C@H](C)C(=O)NCc3ccc(OC)cc3)[C@H](O)[C@H]2[C@@H]1C. The van der Waals surface area contributed by atoms with Crippen LogP contribution >= 0.6 is 0 Å². The molecule has 1 aromatic rings. The first-order valence-corrected chi connectivity index (χ1v) is 12.3. The zero-order chi connectivity index (χ0) is 24.2. The third-order valence-corrected chi connectivity index (χ3v) is 8.22. The second-order valence-corrected chi connectivity index (χ2v) is 10.2. The van der Waals surface area contributed by atoms with Crippen LogP contribution in [0.15, 0.2) is 24.3 Å². The van der Waals surface area contributed by atoms with Crippen LogP contribution < -0.4 is 20.7 Å². The van der Waals surface area contributed by atoms with Crippen LogP contribution in [0.25, 0.3) is 0 Å². The van der Waals surface area contributed by atoms with Gasteiger partial charge in [-0.2, -0.15) is 0 Å². The van der Waals surface area contributed by atoms with Crippen molar-refractivity contribution in [1.82, 2.24) is 16.0 Å². The Balaban J connectivity index is 1.64. The van der Waals surface area contributed by atoms with Gasteiger partial charge in [-0.15, -0.1) is 0 Å². The molecule has 0 unspecified atom stereocenters. The molecule has 184 valence electrons. The highest BCUT2D eigenvalue weighted by atomic mass is 16.5. The Labute approximate surface area is 198 Å². The maximum Gasteiger partial charge on any atom is 0.315 e. The van der Waals surface area contributed by atoms with Gasteiger partial charge in [-0.05, 0) is 73.5 Å². The first-order chi connectivity index (χ1) is 15.7. The van der Waals surface area contributed by atoms with Crippen LogP contribution in [0.2, 0.25) is 0 Å². The van der Waals surface area contributed by atoms with Crippen LogP contribution in [0.1, 0.15) is 58.9 Å². The number of methoxy groups -OCH3 is 1. The Bertz CT molecular complexity index is 814. The Hall–Kier alpha value is -2.28. The molecule has 0 heterocycles. The van der Waals surface area contributed by atoms with E-state index in [0.717, 1.165) is 37.0 Å². The molecule has 0 saturated heterocycles. The lowest BCUT2D eigenvalue weighted by atomic mass is 9.52. The molecule has 0 spiro atoms. The van der Waals surface area contributed by atoms with E-state index in [2.05, 4.69) is 29.8 Å². The number of carbonyl (C=O) groups is 2. The quantitative estimate of drug-likeness (QED) is 0.502. The smallest absolute Gasteiger partial charge is 0.315 e. The summed E-state index contributed by atoms with van der Waals surface area (Å²) < 4.78 is 5.18. The third-order valence-electron chi connectivity index (χ3n) is 8.22. The molecule has 7 nitrogen and oxygen atoms in total. The summed E-state index contributed by atoms with van der Waals surface area (Å²) in [5.74, 6) is 0.566. The van der Waals surface area contributed by atoms with Gasteiger partial charge in [0.1, 0.15) is 5.75 Å². The number of aliphatic hydroxyl groups is 1. The van der Waals surface area contributed by atoms with E-state index >= 15 is 0 Å². The van der Waals surface area contributed by atoms with E-state index in [1.54, 1.807) is 7.11 Å². The number of ether oxygens (including phenoxy) is 1. The minimum Gasteiger partial charge on any atom is -0.497 e. The molecule has 7 heteroatoms. The molecule has 0 aliphatic heterocycles. The van der Waals surface area contributed by atoms with E-state index in [1.807, 2.05) is 38.1 Å². The summed E-state index contributed by atoms with van der Waals surface area (Å²) in [6, 6.07) is 7.53. The molecule has 33 heavy (non-hydrogen) atoms. The van der Waals surface area contributed by atoms with Crippen molar-refractivity contribution in [3.05, 3.63) is 29.8 Å². The largest absolute Gasteiger partial charge is 0.497 e. The van der Waals surface area contributed by atoms with E-state index in [4.69, 9.17) is 4.74 Å². The normalized spacial score (nSPS) is 32.2. The minimum atomic E-state index is -0.570. The van der Waals surface area contributed by atoms with Gasteiger partial charge in [-0.3, -0.25) is 4.79 Å². The van der Waals surface area contributed by atoms with Gasteiger partial charge in [-0.25, -0.2) is 4.79 Å². The first kappa shape index (κ1) is 25.3. The Morgan fingerprint density at radius 1 is 1.18 bits per heavy atom. The van der Waals surface area contributed by atoms with E-state index in [-0.39, 0.29) is 47.1 Å². The summed E-state index contributed by atoms with van der Waals surface area (Å²) in [7, 11) is 1.63. The molecule has 2 aliphatic rings. The monoisotopic (exact) mass is 459 g/mol. The topological polar surface area (TPSA) is 99.7 Å². The maximum atomic E-state index is 13.0. The summed E-state index contributed by atoms with van der Waals surface area (Å²) in [5.41, 5.74) is 1.04. The molecule has 0 aromatic heterocycles. The third kappa shape index (κ3) is 5.62. The van der Waals surface area contributed by atoms with Gasteiger partial charge >= 0.3 is 6.03 Å². The zero-order valence-electron chi connectivity index (χ0n) is 20.7. The molecule has 0 radical (unpaired) electrons. The van der Waals surface area contributed by atoms with Crippen molar-refractivity contribution in [2.24, 2.45) is 29.1 Å². The Morgan fingerprint density at radius 2 is 1.85 bits per heavy atom. The molecule has 4 N–H and O–H groups in total. The first-order valence-electron chi connectivity index (χ1n) is 12.3. The number of nitrogens with one attached hydrogen (secondary N) is 3. The molecule has 3 amide bonds. The fourth-order valence-electron chi connectivity index (χ4n) is 6.17. The highest BCUT2D eigenvalue weighted by molar-refractivity contribution is 5.78.